The molecule has 0 saturated carbocycles. The molecule has 0 fully saturated rings. The Hall–Kier alpha value is -1.39. The fraction of sp³-hybridized carbons (Fsp3) is 0.438. The van der Waals surface area contributed by atoms with E-state index in [9.17, 15) is 5.11 Å². The minimum atomic E-state index is -0.872. The van der Waals surface area contributed by atoms with Crippen LogP contribution in [0, 0.1) is 13.8 Å². The number of aromatic nitrogens is 1. The maximum absolute atomic E-state index is 9.88. The molecule has 1 N–H and O–H groups in total. The Bertz CT molecular complexity index is 564. The second-order valence-electron chi connectivity index (χ2n) is 5.61. The summed E-state index contributed by atoms with van der Waals surface area (Å²) in [7, 11) is 0. The smallest absolute Gasteiger partial charge is 0.119 e. The van der Waals surface area contributed by atoms with Crippen molar-refractivity contribution < 1.29 is 9.84 Å². The van der Waals surface area contributed by atoms with Gasteiger partial charge in [-0.25, -0.2) is 4.98 Å². The van der Waals surface area contributed by atoms with Crippen molar-refractivity contribution in [2.24, 2.45) is 0 Å². The first-order chi connectivity index (χ1) is 9.34. The predicted octanol–water partition coefficient (Wildman–Crippen LogP) is 3.61. The lowest BCUT2D eigenvalue weighted by Crippen LogP contribution is -2.16. The zero-order chi connectivity index (χ0) is 14.8. The molecule has 3 nitrogen and oxygen atoms in total. The van der Waals surface area contributed by atoms with Crippen LogP contribution in [0.5, 0.6) is 5.75 Å². The highest BCUT2D eigenvalue weighted by atomic mass is 32.1. The Morgan fingerprint density at radius 1 is 1.20 bits per heavy atom. The first-order valence-electron chi connectivity index (χ1n) is 6.73. The van der Waals surface area contributed by atoms with Gasteiger partial charge < -0.3 is 9.84 Å². The first kappa shape index (κ1) is 15.0. The van der Waals surface area contributed by atoms with E-state index < -0.39 is 5.60 Å². The molecular formula is C16H21NO2S. The number of ether oxygens (including phenoxy) is 1. The van der Waals surface area contributed by atoms with E-state index in [2.05, 4.69) is 24.9 Å². The average molecular weight is 291 g/mol. The third kappa shape index (κ3) is 4.05. The second-order valence-corrected chi connectivity index (χ2v) is 6.55. The van der Waals surface area contributed by atoms with Crippen LogP contribution < -0.4 is 4.74 Å². The highest BCUT2D eigenvalue weighted by Crippen LogP contribution is 2.22. The summed E-state index contributed by atoms with van der Waals surface area (Å²) in [6.45, 7) is 8.23. The maximum atomic E-state index is 9.88. The molecule has 0 radical (unpaired) electrons. The molecule has 0 spiro atoms. The fourth-order valence-electron chi connectivity index (χ4n) is 1.98. The van der Waals surface area contributed by atoms with E-state index in [1.54, 1.807) is 25.2 Å². The molecule has 0 bridgehead atoms. The van der Waals surface area contributed by atoms with E-state index in [4.69, 9.17) is 4.74 Å². The highest BCUT2D eigenvalue weighted by Gasteiger charge is 2.19. The molecule has 0 amide bonds. The molecular weight excluding hydrogens is 270 g/mol. The Kier molecular flexibility index (Phi) is 4.45. The van der Waals surface area contributed by atoms with Gasteiger partial charge in [0.15, 0.2) is 0 Å². The van der Waals surface area contributed by atoms with Gasteiger partial charge in [-0.1, -0.05) is 6.07 Å². The quantitative estimate of drug-likeness (QED) is 0.915. The van der Waals surface area contributed by atoms with Gasteiger partial charge in [0.1, 0.15) is 11.4 Å². The number of thiazole rings is 1. The third-order valence-corrected chi connectivity index (χ3v) is 3.87. The van der Waals surface area contributed by atoms with Gasteiger partial charge in [-0.3, -0.25) is 0 Å². The minimum Gasteiger partial charge on any atom is -0.493 e. The van der Waals surface area contributed by atoms with Gasteiger partial charge in [0, 0.05) is 11.8 Å². The molecule has 0 atom stereocenters. The summed E-state index contributed by atoms with van der Waals surface area (Å²) >= 11 is 1.57. The number of hydrogen-bond acceptors (Lipinski definition) is 4. The summed E-state index contributed by atoms with van der Waals surface area (Å²) in [5.74, 6) is 0.904. The normalized spacial score (nSPS) is 11.7. The summed E-state index contributed by atoms with van der Waals surface area (Å²) in [5.41, 5.74) is 2.27. The summed E-state index contributed by atoms with van der Waals surface area (Å²) in [5, 5.41) is 12.8. The van der Waals surface area contributed by atoms with Crippen molar-refractivity contribution in [3.8, 4) is 5.75 Å². The van der Waals surface area contributed by atoms with Crippen LogP contribution in [0.1, 0.15) is 35.7 Å². The lowest BCUT2D eigenvalue weighted by molar-refractivity contribution is 0.0743. The number of hydrogen-bond donors (Lipinski definition) is 1. The number of benzene rings is 1. The van der Waals surface area contributed by atoms with Crippen molar-refractivity contribution in [3.05, 3.63) is 45.4 Å². The molecule has 4 heteroatoms. The number of aryl methyl sites for hydroxylation is 2. The van der Waals surface area contributed by atoms with Crippen LogP contribution in [0.15, 0.2) is 23.6 Å². The summed E-state index contributed by atoms with van der Waals surface area (Å²) < 4.78 is 5.77. The van der Waals surface area contributed by atoms with Crippen LogP contribution in [-0.4, -0.2) is 16.7 Å². The summed E-state index contributed by atoms with van der Waals surface area (Å²) in [6, 6.07) is 6.21. The van der Waals surface area contributed by atoms with E-state index in [0.29, 0.717) is 6.61 Å². The standard InChI is InChI=1S/C16H21NO2S/c1-11-7-12(2)9-13(8-11)19-6-5-15-17-14(10-20-15)16(3,4)18/h7-10,18H,5-6H2,1-4H3. The van der Waals surface area contributed by atoms with Gasteiger partial charge in [-0.2, -0.15) is 0 Å². The molecule has 0 unspecified atom stereocenters. The van der Waals surface area contributed by atoms with E-state index in [-0.39, 0.29) is 0 Å². The predicted molar refractivity (Wildman–Crippen MR) is 82.5 cm³/mol. The van der Waals surface area contributed by atoms with Crippen LogP contribution >= 0.6 is 11.3 Å². The van der Waals surface area contributed by atoms with Crippen LogP contribution in [-0.2, 0) is 12.0 Å². The zero-order valence-electron chi connectivity index (χ0n) is 12.4. The van der Waals surface area contributed by atoms with Gasteiger partial charge in [-0.05, 0) is 51.0 Å². The molecule has 108 valence electrons. The number of rotatable bonds is 5. The van der Waals surface area contributed by atoms with E-state index in [1.165, 1.54) is 11.1 Å². The Morgan fingerprint density at radius 2 is 1.85 bits per heavy atom. The van der Waals surface area contributed by atoms with Gasteiger partial charge in [0.05, 0.1) is 17.3 Å². The summed E-state index contributed by atoms with van der Waals surface area (Å²) in [6.07, 6.45) is 0.758. The van der Waals surface area contributed by atoms with Gasteiger partial charge in [0.25, 0.3) is 0 Å². The molecule has 2 aromatic rings. The molecule has 2 rings (SSSR count). The van der Waals surface area contributed by atoms with Crippen molar-refractivity contribution in [1.82, 2.24) is 4.98 Å². The SMILES string of the molecule is Cc1cc(C)cc(OCCc2nc(C(C)(C)O)cs2)c1. The van der Waals surface area contributed by atoms with E-state index in [0.717, 1.165) is 22.9 Å². The monoisotopic (exact) mass is 291 g/mol. The topological polar surface area (TPSA) is 42.4 Å². The lowest BCUT2D eigenvalue weighted by atomic mass is 10.1. The van der Waals surface area contributed by atoms with E-state index >= 15 is 0 Å². The highest BCUT2D eigenvalue weighted by molar-refractivity contribution is 7.09. The minimum absolute atomic E-state index is 0.599. The number of aliphatic hydroxyl groups is 1. The molecule has 0 aliphatic heterocycles. The molecule has 0 saturated heterocycles. The maximum Gasteiger partial charge on any atom is 0.119 e. The van der Waals surface area contributed by atoms with E-state index in [1.807, 2.05) is 17.5 Å². The molecule has 20 heavy (non-hydrogen) atoms. The van der Waals surface area contributed by atoms with Crippen molar-refractivity contribution in [2.45, 2.75) is 39.7 Å². The molecule has 1 aromatic heterocycles. The Labute approximate surface area is 124 Å². The largest absolute Gasteiger partial charge is 0.493 e. The lowest BCUT2D eigenvalue weighted by Gasteiger charge is -2.13. The summed E-state index contributed by atoms with van der Waals surface area (Å²) in [4.78, 5) is 4.44. The van der Waals surface area contributed by atoms with Crippen molar-refractivity contribution >= 4 is 11.3 Å². The Morgan fingerprint density at radius 3 is 2.40 bits per heavy atom. The van der Waals surface area contributed by atoms with Crippen molar-refractivity contribution in [3.63, 3.8) is 0 Å². The molecule has 0 aliphatic carbocycles. The third-order valence-electron chi connectivity index (χ3n) is 2.96. The van der Waals surface area contributed by atoms with Gasteiger partial charge >= 0.3 is 0 Å². The van der Waals surface area contributed by atoms with Gasteiger partial charge in [-0.15, -0.1) is 11.3 Å². The van der Waals surface area contributed by atoms with Crippen molar-refractivity contribution in [1.29, 1.82) is 0 Å². The first-order valence-corrected chi connectivity index (χ1v) is 7.61. The van der Waals surface area contributed by atoms with Crippen molar-refractivity contribution in [2.75, 3.05) is 6.61 Å². The number of nitrogens with zero attached hydrogens (tertiary/aromatic N) is 1. The van der Waals surface area contributed by atoms with Gasteiger partial charge in [0.2, 0.25) is 0 Å². The second kappa shape index (κ2) is 5.94. The fourth-order valence-corrected chi connectivity index (χ4v) is 2.92. The zero-order valence-corrected chi connectivity index (χ0v) is 13.3. The van der Waals surface area contributed by atoms with Crippen LogP contribution in [0.4, 0.5) is 0 Å². The molecule has 1 aromatic carbocycles. The van der Waals surface area contributed by atoms with Crippen LogP contribution in [0.2, 0.25) is 0 Å². The van der Waals surface area contributed by atoms with Crippen LogP contribution in [0.25, 0.3) is 0 Å². The van der Waals surface area contributed by atoms with Crippen LogP contribution in [0.3, 0.4) is 0 Å². The Balaban J connectivity index is 1.91. The average Bonchev–Trinajstić information content (AvgIpc) is 2.76. The molecule has 1 heterocycles. The molecule has 0 aliphatic rings.